The lowest BCUT2D eigenvalue weighted by atomic mass is 10.1. The number of nitrogens with zero attached hydrogens (tertiary/aromatic N) is 1. The van der Waals surface area contributed by atoms with Crippen LogP contribution in [0.15, 0.2) is 47.1 Å². The van der Waals surface area contributed by atoms with E-state index >= 15 is 0 Å². The van der Waals surface area contributed by atoms with Crippen molar-refractivity contribution in [3.63, 3.8) is 0 Å². The van der Waals surface area contributed by atoms with Crippen molar-refractivity contribution >= 4 is 5.91 Å². The third kappa shape index (κ3) is 5.42. The van der Waals surface area contributed by atoms with Crippen LogP contribution in [-0.2, 0) is 17.8 Å². The lowest BCUT2D eigenvalue weighted by Crippen LogP contribution is -2.44. The second-order valence-corrected chi connectivity index (χ2v) is 6.35. The van der Waals surface area contributed by atoms with Gasteiger partial charge in [0.1, 0.15) is 5.76 Å². The molecule has 134 valence electrons. The van der Waals surface area contributed by atoms with E-state index in [1.54, 1.807) is 6.26 Å². The molecular formula is C19H25N3O3. The maximum absolute atomic E-state index is 12.3. The van der Waals surface area contributed by atoms with Gasteiger partial charge in [-0.1, -0.05) is 12.1 Å². The number of ether oxygens (including phenoxy) is 1. The van der Waals surface area contributed by atoms with E-state index in [0.717, 1.165) is 37.6 Å². The second-order valence-electron chi connectivity index (χ2n) is 6.35. The average molecular weight is 343 g/mol. The number of hydrogen-bond donors (Lipinski definition) is 2. The molecule has 1 aromatic carbocycles. The fraction of sp³-hybridized carbons (Fsp3) is 0.421. The van der Waals surface area contributed by atoms with Crippen LogP contribution in [0.2, 0.25) is 0 Å². The molecule has 1 unspecified atom stereocenters. The first-order valence-corrected chi connectivity index (χ1v) is 8.61. The molecule has 2 N–H and O–H groups in total. The van der Waals surface area contributed by atoms with Gasteiger partial charge in [-0.15, -0.1) is 0 Å². The molecule has 1 saturated heterocycles. The topological polar surface area (TPSA) is 66.7 Å². The summed E-state index contributed by atoms with van der Waals surface area (Å²) < 4.78 is 11.0. The Morgan fingerprint density at radius 1 is 1.28 bits per heavy atom. The Balaban J connectivity index is 1.46. The molecule has 1 atom stereocenters. The zero-order valence-electron chi connectivity index (χ0n) is 14.5. The maximum atomic E-state index is 12.3. The molecule has 1 aliphatic rings. The molecule has 0 saturated carbocycles. The molecule has 1 aliphatic heterocycles. The highest BCUT2D eigenvalue weighted by molar-refractivity contribution is 5.94. The molecule has 2 heterocycles. The maximum Gasteiger partial charge on any atom is 0.251 e. The first-order valence-electron chi connectivity index (χ1n) is 8.61. The van der Waals surface area contributed by atoms with Gasteiger partial charge in [-0.25, -0.2) is 0 Å². The number of likely N-dealkylation sites (N-methyl/N-ethyl adjacent to an activating group) is 1. The number of hydrogen-bond acceptors (Lipinski definition) is 5. The van der Waals surface area contributed by atoms with E-state index in [2.05, 4.69) is 22.6 Å². The minimum absolute atomic E-state index is 0.101. The fourth-order valence-electron chi connectivity index (χ4n) is 2.87. The largest absolute Gasteiger partial charge is 0.467 e. The number of nitrogens with one attached hydrogen (secondary N) is 2. The molecule has 6 nitrogen and oxygen atoms in total. The van der Waals surface area contributed by atoms with Gasteiger partial charge >= 0.3 is 0 Å². The Morgan fingerprint density at radius 3 is 3.00 bits per heavy atom. The zero-order chi connectivity index (χ0) is 17.5. The predicted octanol–water partition coefficient (Wildman–Crippen LogP) is 1.63. The number of benzene rings is 1. The quantitative estimate of drug-likeness (QED) is 0.800. The fourth-order valence-corrected chi connectivity index (χ4v) is 2.87. The van der Waals surface area contributed by atoms with E-state index < -0.39 is 0 Å². The third-order valence-electron chi connectivity index (χ3n) is 4.24. The van der Waals surface area contributed by atoms with Gasteiger partial charge in [0.2, 0.25) is 0 Å². The van der Waals surface area contributed by atoms with Crippen molar-refractivity contribution in [1.29, 1.82) is 0 Å². The van der Waals surface area contributed by atoms with Gasteiger partial charge in [0.05, 0.1) is 25.5 Å². The Hall–Kier alpha value is -2.15. The number of rotatable bonds is 7. The first-order chi connectivity index (χ1) is 12.2. The molecule has 0 spiro atoms. The lowest BCUT2D eigenvalue weighted by Gasteiger charge is -2.30. The monoisotopic (exact) mass is 343 g/mol. The van der Waals surface area contributed by atoms with Crippen molar-refractivity contribution in [1.82, 2.24) is 15.5 Å². The normalized spacial score (nSPS) is 18.2. The van der Waals surface area contributed by atoms with E-state index in [1.165, 1.54) is 0 Å². The smallest absolute Gasteiger partial charge is 0.251 e. The molecule has 0 bridgehead atoms. The Labute approximate surface area is 148 Å². The van der Waals surface area contributed by atoms with Crippen LogP contribution in [0.5, 0.6) is 0 Å². The average Bonchev–Trinajstić information content (AvgIpc) is 3.14. The zero-order valence-corrected chi connectivity index (χ0v) is 14.5. The standard InChI is InChI=1S/C19H25N3O3/c1-22-7-9-25-18(14-22)12-20-11-15-4-2-5-16(10-15)19(23)21-13-17-6-3-8-24-17/h2-6,8,10,18,20H,7,9,11-14H2,1H3,(H,21,23). The second kappa shape index (κ2) is 8.80. The Bertz CT molecular complexity index is 672. The lowest BCUT2D eigenvalue weighted by molar-refractivity contribution is -0.0182. The third-order valence-corrected chi connectivity index (χ3v) is 4.24. The molecule has 0 radical (unpaired) electrons. The summed E-state index contributed by atoms with van der Waals surface area (Å²) in [5.74, 6) is 0.638. The van der Waals surface area contributed by atoms with Gasteiger partial charge < -0.3 is 24.7 Å². The summed E-state index contributed by atoms with van der Waals surface area (Å²) >= 11 is 0. The minimum atomic E-state index is -0.101. The number of carbonyl (C=O) groups is 1. The van der Waals surface area contributed by atoms with Crippen molar-refractivity contribution in [2.45, 2.75) is 19.2 Å². The number of carbonyl (C=O) groups excluding carboxylic acids is 1. The van der Waals surface area contributed by atoms with Gasteiger partial charge in [-0.05, 0) is 36.9 Å². The van der Waals surface area contributed by atoms with Crippen molar-refractivity contribution in [3.05, 3.63) is 59.5 Å². The van der Waals surface area contributed by atoms with Crippen molar-refractivity contribution in [3.8, 4) is 0 Å². The summed E-state index contributed by atoms with van der Waals surface area (Å²) in [4.78, 5) is 14.5. The van der Waals surface area contributed by atoms with Crippen molar-refractivity contribution in [2.24, 2.45) is 0 Å². The predicted molar refractivity (Wildman–Crippen MR) is 95.3 cm³/mol. The van der Waals surface area contributed by atoms with Gasteiger partial charge in [-0.3, -0.25) is 4.79 Å². The van der Waals surface area contributed by atoms with Crippen molar-refractivity contribution in [2.75, 3.05) is 33.3 Å². The Morgan fingerprint density at radius 2 is 2.20 bits per heavy atom. The molecule has 2 aromatic rings. The summed E-state index contributed by atoms with van der Waals surface area (Å²) in [5, 5.41) is 6.28. The summed E-state index contributed by atoms with van der Waals surface area (Å²) in [6.45, 7) is 4.63. The van der Waals surface area contributed by atoms with Gasteiger partial charge in [0.25, 0.3) is 5.91 Å². The van der Waals surface area contributed by atoms with Gasteiger partial charge in [0.15, 0.2) is 0 Å². The van der Waals surface area contributed by atoms with E-state index in [9.17, 15) is 4.79 Å². The van der Waals surface area contributed by atoms with Crippen molar-refractivity contribution < 1.29 is 13.9 Å². The van der Waals surface area contributed by atoms with Gasteiger partial charge in [-0.2, -0.15) is 0 Å². The first kappa shape index (κ1) is 17.7. The molecule has 1 fully saturated rings. The van der Waals surface area contributed by atoms with Crippen LogP contribution in [-0.4, -0.2) is 50.2 Å². The van der Waals surface area contributed by atoms with Crippen LogP contribution in [0.1, 0.15) is 21.7 Å². The number of morpholine rings is 1. The molecule has 1 aromatic heterocycles. The minimum Gasteiger partial charge on any atom is -0.467 e. The van der Waals surface area contributed by atoms with Crippen LogP contribution in [0.3, 0.4) is 0 Å². The highest BCUT2D eigenvalue weighted by atomic mass is 16.5. The van der Waals surface area contributed by atoms with Crippen LogP contribution >= 0.6 is 0 Å². The molecule has 25 heavy (non-hydrogen) atoms. The number of amides is 1. The molecule has 1 amide bonds. The highest BCUT2D eigenvalue weighted by Gasteiger charge is 2.16. The molecule has 6 heteroatoms. The molecular weight excluding hydrogens is 318 g/mol. The SMILES string of the molecule is CN1CCOC(CNCc2cccc(C(=O)NCc3ccco3)c2)C1. The summed E-state index contributed by atoms with van der Waals surface area (Å²) in [6, 6.07) is 11.3. The summed E-state index contributed by atoms with van der Waals surface area (Å²) in [5.41, 5.74) is 1.73. The van der Waals surface area contributed by atoms with E-state index in [4.69, 9.17) is 9.15 Å². The van der Waals surface area contributed by atoms with Gasteiger partial charge in [0, 0.05) is 31.7 Å². The van der Waals surface area contributed by atoms with E-state index in [0.29, 0.717) is 18.7 Å². The molecule has 0 aliphatic carbocycles. The van der Waals surface area contributed by atoms with Crippen LogP contribution in [0.4, 0.5) is 0 Å². The van der Waals surface area contributed by atoms with Crippen LogP contribution in [0, 0.1) is 0 Å². The molecule has 3 rings (SSSR count). The Kier molecular flexibility index (Phi) is 6.22. The van der Waals surface area contributed by atoms with E-state index in [-0.39, 0.29) is 12.0 Å². The summed E-state index contributed by atoms with van der Waals surface area (Å²) in [7, 11) is 2.11. The number of furan rings is 1. The highest BCUT2D eigenvalue weighted by Crippen LogP contribution is 2.07. The van der Waals surface area contributed by atoms with E-state index in [1.807, 2.05) is 36.4 Å². The van der Waals surface area contributed by atoms with Crippen LogP contribution < -0.4 is 10.6 Å². The summed E-state index contributed by atoms with van der Waals surface area (Å²) in [6.07, 6.45) is 1.82. The van der Waals surface area contributed by atoms with Crippen LogP contribution in [0.25, 0.3) is 0 Å².